The number of benzene rings is 1. The van der Waals surface area contributed by atoms with Gasteiger partial charge in [-0.05, 0) is 24.2 Å². The van der Waals surface area contributed by atoms with Crippen molar-refractivity contribution in [1.82, 2.24) is 4.57 Å². The van der Waals surface area contributed by atoms with E-state index in [1.807, 2.05) is 18.2 Å². The minimum absolute atomic E-state index is 0.0431. The first-order valence-electron chi connectivity index (χ1n) is 7.06. The Balaban J connectivity index is 2.25. The van der Waals surface area contributed by atoms with Crippen LogP contribution >= 0.6 is 11.8 Å². The van der Waals surface area contributed by atoms with Crippen LogP contribution < -0.4 is 10.1 Å². The number of rotatable bonds is 3. The molecule has 2 aromatic rings. The molecule has 0 saturated carbocycles. The van der Waals surface area contributed by atoms with E-state index in [1.54, 1.807) is 28.3 Å². The highest BCUT2D eigenvalue weighted by atomic mass is 32.2. The van der Waals surface area contributed by atoms with Gasteiger partial charge in [0.1, 0.15) is 11.8 Å². The van der Waals surface area contributed by atoms with Crippen LogP contribution in [0.1, 0.15) is 19.4 Å². The lowest BCUT2D eigenvalue weighted by Gasteiger charge is -2.10. The fourth-order valence-corrected chi connectivity index (χ4v) is 4.06. The number of hydrogen-bond acceptors (Lipinski definition) is 4. The maximum Gasteiger partial charge on any atom is 0.350 e. The second kappa shape index (κ2) is 5.61. The van der Waals surface area contributed by atoms with E-state index in [0.717, 1.165) is 0 Å². The van der Waals surface area contributed by atoms with Gasteiger partial charge in [0, 0.05) is 12.2 Å². The minimum atomic E-state index is -0.243. The lowest BCUT2D eigenvalue weighted by Crippen LogP contribution is -2.41. The Morgan fingerprint density at radius 2 is 2.09 bits per heavy atom. The van der Waals surface area contributed by atoms with Gasteiger partial charge in [-0.2, -0.15) is 9.13 Å². The molecule has 1 aromatic heterocycles. The van der Waals surface area contributed by atoms with Crippen LogP contribution in [0.15, 0.2) is 40.3 Å². The van der Waals surface area contributed by atoms with E-state index in [1.165, 1.54) is 18.7 Å². The van der Waals surface area contributed by atoms with Crippen LogP contribution in [-0.4, -0.2) is 21.2 Å². The predicted octanol–water partition coefficient (Wildman–Crippen LogP) is 1.67. The SMILES string of the molecule is CC(=O)CC1CSc2n1c(=O)c(-c1ccccc1)c(O)[n+]2C. The molecule has 1 aromatic carbocycles. The summed E-state index contributed by atoms with van der Waals surface area (Å²) in [5.74, 6) is 0.682. The van der Waals surface area contributed by atoms with Gasteiger partial charge < -0.3 is 5.11 Å². The Hall–Kier alpha value is -2.08. The standard InChI is InChI=1S/C16H16N2O3S/c1-10(19)8-12-9-22-16-17(2)14(20)13(15(21)18(12)16)11-6-4-3-5-7-11/h3-7,12H,8-9H2,1-2H3/p+1. The highest BCUT2D eigenvalue weighted by Gasteiger charge is 2.38. The number of ketones is 1. The molecule has 114 valence electrons. The number of hydrogen-bond donors (Lipinski definition) is 1. The van der Waals surface area contributed by atoms with Gasteiger partial charge in [0.05, 0.1) is 7.05 Å². The Kier molecular flexibility index (Phi) is 3.78. The first-order valence-corrected chi connectivity index (χ1v) is 8.04. The molecule has 5 nitrogen and oxygen atoms in total. The van der Waals surface area contributed by atoms with Gasteiger partial charge >= 0.3 is 10.7 Å². The van der Waals surface area contributed by atoms with Crippen molar-refractivity contribution in [3.63, 3.8) is 0 Å². The number of fused-ring (bicyclic) bond motifs is 1. The average Bonchev–Trinajstić information content (AvgIpc) is 2.89. The Bertz CT molecular complexity index is 799. The van der Waals surface area contributed by atoms with Crippen molar-refractivity contribution in [2.24, 2.45) is 7.05 Å². The largest absolute Gasteiger partial charge is 0.477 e. The summed E-state index contributed by atoms with van der Waals surface area (Å²) in [6.07, 6.45) is 0.332. The quantitative estimate of drug-likeness (QED) is 0.691. The van der Waals surface area contributed by atoms with E-state index in [0.29, 0.717) is 22.9 Å². The zero-order valence-corrected chi connectivity index (χ0v) is 13.3. The fourth-order valence-electron chi connectivity index (χ4n) is 2.80. The maximum atomic E-state index is 12.9. The lowest BCUT2D eigenvalue weighted by atomic mass is 10.1. The molecular weight excluding hydrogens is 300 g/mol. The summed E-state index contributed by atoms with van der Waals surface area (Å²) in [6, 6.07) is 8.96. The van der Waals surface area contributed by atoms with Crippen molar-refractivity contribution in [1.29, 1.82) is 0 Å². The topological polar surface area (TPSA) is 63.2 Å². The molecule has 0 aliphatic carbocycles. The third kappa shape index (κ3) is 2.33. The molecule has 1 unspecified atom stereocenters. The van der Waals surface area contributed by atoms with E-state index in [9.17, 15) is 14.7 Å². The van der Waals surface area contributed by atoms with Crippen molar-refractivity contribution >= 4 is 17.5 Å². The second-order valence-corrected chi connectivity index (χ2v) is 6.44. The van der Waals surface area contributed by atoms with Gasteiger partial charge in [0.25, 0.3) is 5.88 Å². The molecule has 1 aliphatic rings. The summed E-state index contributed by atoms with van der Waals surface area (Å²) in [5, 5.41) is 11.1. The molecule has 1 atom stereocenters. The van der Waals surface area contributed by atoms with Crippen LogP contribution in [0.25, 0.3) is 11.1 Å². The molecule has 6 heteroatoms. The van der Waals surface area contributed by atoms with Crippen LogP contribution in [0.5, 0.6) is 5.88 Å². The van der Waals surface area contributed by atoms with Crippen molar-refractivity contribution < 1.29 is 14.5 Å². The van der Waals surface area contributed by atoms with Crippen LogP contribution in [0.4, 0.5) is 0 Å². The number of carbonyl (C=O) groups is 1. The molecule has 1 aliphatic heterocycles. The van der Waals surface area contributed by atoms with Gasteiger partial charge in [-0.3, -0.25) is 4.79 Å². The Morgan fingerprint density at radius 3 is 2.73 bits per heavy atom. The van der Waals surface area contributed by atoms with Crippen LogP contribution in [0.3, 0.4) is 0 Å². The molecular formula is C16H17N2O3S+. The first kappa shape index (κ1) is 14.8. The zero-order valence-electron chi connectivity index (χ0n) is 12.4. The van der Waals surface area contributed by atoms with Crippen molar-refractivity contribution in [3.05, 3.63) is 40.7 Å². The summed E-state index contributed by atoms with van der Waals surface area (Å²) < 4.78 is 3.27. The third-order valence-electron chi connectivity index (χ3n) is 3.82. The van der Waals surface area contributed by atoms with E-state index in [-0.39, 0.29) is 28.8 Å². The highest BCUT2D eigenvalue weighted by Crippen LogP contribution is 2.34. The fraction of sp³-hybridized carbons (Fsp3) is 0.312. The lowest BCUT2D eigenvalue weighted by molar-refractivity contribution is -0.720. The molecule has 22 heavy (non-hydrogen) atoms. The Labute approximate surface area is 132 Å². The number of nitrogens with zero attached hydrogens (tertiary/aromatic N) is 2. The second-order valence-electron chi connectivity index (χ2n) is 5.45. The van der Waals surface area contributed by atoms with E-state index >= 15 is 0 Å². The molecule has 0 bridgehead atoms. The maximum absolute atomic E-state index is 12.9. The van der Waals surface area contributed by atoms with E-state index in [2.05, 4.69) is 0 Å². The first-order chi connectivity index (χ1) is 10.5. The van der Waals surface area contributed by atoms with Crippen LogP contribution in [0.2, 0.25) is 0 Å². The smallest absolute Gasteiger partial charge is 0.350 e. The molecule has 0 fully saturated rings. The van der Waals surface area contributed by atoms with Crippen LogP contribution in [-0.2, 0) is 11.8 Å². The van der Waals surface area contributed by atoms with Gasteiger partial charge in [-0.15, -0.1) is 0 Å². The number of thioether (sulfide) groups is 1. The monoisotopic (exact) mass is 317 g/mol. The van der Waals surface area contributed by atoms with E-state index < -0.39 is 0 Å². The van der Waals surface area contributed by atoms with Crippen molar-refractivity contribution in [2.75, 3.05) is 5.75 Å². The van der Waals surface area contributed by atoms with Crippen molar-refractivity contribution in [3.8, 4) is 17.0 Å². The summed E-state index contributed by atoms with van der Waals surface area (Å²) >= 11 is 1.49. The van der Waals surface area contributed by atoms with Gasteiger partial charge in [0.15, 0.2) is 5.56 Å². The number of aromatic hydroxyl groups is 1. The average molecular weight is 317 g/mol. The predicted molar refractivity (Wildman–Crippen MR) is 84.0 cm³/mol. The van der Waals surface area contributed by atoms with E-state index in [4.69, 9.17) is 0 Å². The molecule has 2 heterocycles. The minimum Gasteiger partial charge on any atom is -0.477 e. The molecule has 3 rings (SSSR count). The molecule has 0 spiro atoms. The van der Waals surface area contributed by atoms with Gasteiger partial charge in [0.2, 0.25) is 0 Å². The number of aromatic nitrogens is 2. The summed E-state index contributed by atoms with van der Waals surface area (Å²) in [7, 11) is 1.73. The summed E-state index contributed by atoms with van der Waals surface area (Å²) in [6.45, 7) is 1.53. The molecule has 0 radical (unpaired) electrons. The molecule has 0 saturated heterocycles. The highest BCUT2D eigenvalue weighted by molar-refractivity contribution is 7.99. The number of Topliss-reactive ketones (excluding diaryl/α,β-unsaturated/α-hetero) is 1. The summed E-state index contributed by atoms with van der Waals surface area (Å²) in [4.78, 5) is 24.3. The van der Waals surface area contributed by atoms with Gasteiger partial charge in [-0.1, -0.05) is 30.3 Å². The molecule has 0 amide bonds. The zero-order chi connectivity index (χ0) is 15.9. The normalized spacial score (nSPS) is 16.5. The molecule has 1 N–H and O–H groups in total. The number of carbonyl (C=O) groups excluding carboxylic acids is 1. The summed E-state index contributed by atoms with van der Waals surface area (Å²) in [5.41, 5.74) is 0.713. The van der Waals surface area contributed by atoms with Crippen LogP contribution in [0, 0.1) is 0 Å². The van der Waals surface area contributed by atoms with Gasteiger partial charge in [-0.25, -0.2) is 4.79 Å². The third-order valence-corrected chi connectivity index (χ3v) is 5.10. The Morgan fingerprint density at radius 1 is 1.41 bits per heavy atom. The van der Waals surface area contributed by atoms with Crippen molar-refractivity contribution in [2.45, 2.75) is 24.5 Å².